The van der Waals surface area contributed by atoms with Crippen LogP contribution in [-0.2, 0) is 10.8 Å². The van der Waals surface area contributed by atoms with E-state index in [2.05, 4.69) is 0 Å². The fraction of sp³-hybridized carbons (Fsp3) is 0.0638. The lowest BCUT2D eigenvalue weighted by Crippen LogP contribution is -2.16. The lowest BCUT2D eigenvalue weighted by molar-refractivity contribution is 0.661. The summed E-state index contributed by atoms with van der Waals surface area (Å²) in [6, 6.07) is -49.4. The fourth-order valence-electron chi connectivity index (χ4n) is 12.7. The summed E-state index contributed by atoms with van der Waals surface area (Å²) in [4.78, 5) is 0. The number of benzene rings is 16. The van der Waals surface area contributed by atoms with Gasteiger partial charge in [-0.15, -0.1) is 0 Å². The summed E-state index contributed by atoms with van der Waals surface area (Å²) in [5.41, 5.74) is -22.6. The molecule has 452 valence electrons. The van der Waals surface area contributed by atoms with E-state index in [9.17, 15) is 30.2 Å². The highest BCUT2D eigenvalue weighted by Gasteiger charge is 2.38. The van der Waals surface area contributed by atoms with Crippen LogP contribution in [0, 0.1) is 0 Å². The molecule has 2 nitrogen and oxygen atoms in total. The van der Waals surface area contributed by atoms with Crippen molar-refractivity contribution in [2.24, 2.45) is 0 Å². The van der Waals surface area contributed by atoms with Crippen LogP contribution in [0.3, 0.4) is 0 Å². The number of fused-ring (bicyclic) bond motifs is 16. The van der Waals surface area contributed by atoms with Crippen LogP contribution in [0.1, 0.15) is 129 Å². The smallest absolute Gasteiger partial charge is 0.135 e. The standard InChI is InChI=1S/2C47H32O/c1-47(2)41-23-9-7-15-33(41)39-22-12-21-32(46(39)47)29-13-11-14-30(27-29)44-35-17-3-5-19-37(35)45(38-20-6-4-18-36(38)44)31-25-26-43-40(28-31)34-16-8-10-24-42(34)48-43;1-47(2)41-27-30(29-12-4-3-5-13-29)20-23-33(41)34-24-21-32(28-42(34)47)46-38-17-8-6-15-36(38)45(37-16-7-9-18-39(37)46)31-22-25-44-40(26-31)35-14-10-11-19-43(35)48-44/h2*3-28H,1-2H3/i2*1D3,3D,4D,5D,6D,7D,8D,9D,10D,11D,12D,13D,14D,15D,16D,17D,18D,19D,20D,21D,22D,23D,24D,25D,26D,27D,28D. The summed E-state index contributed by atoms with van der Waals surface area (Å²) >= 11 is 0. The minimum Gasteiger partial charge on any atom is -0.456 e. The molecule has 18 aromatic rings. The number of para-hydroxylation sites is 2. The first-order valence-electron chi connectivity index (χ1n) is 57.8. The monoisotopic (exact) mass is 1280 g/mol. The van der Waals surface area contributed by atoms with Crippen LogP contribution < -0.4 is 0 Å². The molecule has 0 fully saturated rings. The molecule has 2 atom stereocenters. The van der Waals surface area contributed by atoms with E-state index in [-0.39, 0.29) is 0 Å². The first-order valence-corrected chi connectivity index (χ1v) is 28.8. The molecule has 0 saturated heterocycles. The van der Waals surface area contributed by atoms with Gasteiger partial charge in [0.15, 0.2) is 0 Å². The van der Waals surface area contributed by atoms with E-state index < -0.39 is 537 Å². The molecule has 0 amide bonds. The van der Waals surface area contributed by atoms with Gasteiger partial charge in [0.2, 0.25) is 0 Å². The highest BCUT2D eigenvalue weighted by Crippen LogP contribution is 2.55. The number of furan rings is 2. The van der Waals surface area contributed by atoms with Crippen molar-refractivity contribution in [2.45, 2.75) is 38.4 Å². The van der Waals surface area contributed by atoms with Crippen molar-refractivity contribution in [3.63, 3.8) is 0 Å². The molecule has 2 heterocycles. The Kier molecular flexibility index (Phi) is 5.05. The predicted molar refractivity (Wildman–Crippen MR) is 405 cm³/mol. The Morgan fingerprint density at radius 2 is 0.573 bits per heavy atom. The van der Waals surface area contributed by atoms with Crippen molar-refractivity contribution in [1.29, 1.82) is 0 Å². The fourth-order valence-corrected chi connectivity index (χ4v) is 12.7. The third-order valence-electron chi connectivity index (χ3n) is 16.8. The van der Waals surface area contributed by atoms with Crippen molar-refractivity contribution in [3.05, 3.63) is 336 Å². The van der Waals surface area contributed by atoms with Gasteiger partial charge < -0.3 is 8.83 Å². The summed E-state index contributed by atoms with van der Waals surface area (Å²) in [5, 5.41) is -8.11. The van der Waals surface area contributed by atoms with E-state index >= 15 is 0 Å². The predicted octanol–water partition coefficient (Wildman–Crippen LogP) is 26.4. The van der Waals surface area contributed by atoms with Crippen LogP contribution in [0.2, 0.25) is 0 Å². The molecule has 20 rings (SSSR count). The molecular formula is C94H64O2. The zero-order valence-corrected chi connectivity index (χ0v) is 48.8. The Labute approximate surface area is 639 Å². The molecule has 16 aromatic carbocycles. The first-order chi connectivity index (χ1) is 71.3. The highest BCUT2D eigenvalue weighted by atomic mass is 16.3. The average Bonchev–Trinajstić information content (AvgIpc) is 1.43. The van der Waals surface area contributed by atoms with Crippen LogP contribution in [0.4, 0.5) is 0 Å². The van der Waals surface area contributed by atoms with E-state index in [0.29, 0.717) is 0 Å². The second kappa shape index (κ2) is 21.3. The summed E-state index contributed by atoms with van der Waals surface area (Å²) < 4.78 is 538. The number of rotatable bonds is 6. The van der Waals surface area contributed by atoms with E-state index in [1.165, 1.54) is 0 Å². The third kappa shape index (κ3) is 8.44. The SMILES string of the molecule is [2H]c1c([2H])c(-c2c([2H])c([2H])c([2H])c3c2C(C)(C([2H])([2H])[2H])c2c([2H])c([2H])c([2H])c([2H])c2-3)c([2H])c(-c2c3c([2H])c([2H])c([2H])c([2H])c3c(-c3c([2H])c([2H])c4oc5c([2H])c([2H])c([2H])c([2H])c5c4c3[2H])c3c([2H])c([2H])c([2H])c([2H])c23)c1[2H].[2H]c1c([2H])c([2H])c(-c2c([2H])c([2H])c3c(c2[2H])C(C)(C([2H])([2H])[2H])c2c([2H])c(-c4c5c([2H])c([2H])c([2H])c([2H])c5c(-c5c([2H])c([2H])c6oc7c([2H])c([2H])c([2H])c([2H])c7c6c5[2H])c5c([2H])c([2H])c([2H])c([2H])c45)c([2H])c([2H])c2-3)c([2H])c1[2H]. The number of hydrogen-bond acceptors (Lipinski definition) is 2. The van der Waals surface area contributed by atoms with Crippen molar-refractivity contribution in [3.8, 4) is 89.0 Å². The molecule has 2 unspecified atom stereocenters. The van der Waals surface area contributed by atoms with Gasteiger partial charge in [0.25, 0.3) is 0 Å². The van der Waals surface area contributed by atoms with Crippen LogP contribution in [-0.4, -0.2) is 0 Å². The quantitative estimate of drug-likeness (QED) is 0.155. The van der Waals surface area contributed by atoms with Gasteiger partial charge in [0.1, 0.15) is 22.3 Å². The molecule has 2 aromatic heterocycles. The Hall–Kier alpha value is -11.8. The van der Waals surface area contributed by atoms with Crippen molar-refractivity contribution in [2.75, 3.05) is 0 Å². The molecule has 0 N–H and O–H groups in total. The van der Waals surface area contributed by atoms with Crippen LogP contribution in [0.5, 0.6) is 0 Å². The Balaban J connectivity index is 0.000000192. The second-order valence-electron chi connectivity index (χ2n) is 22.3. The van der Waals surface area contributed by atoms with Crippen LogP contribution in [0.25, 0.3) is 176 Å². The maximum absolute atomic E-state index is 10.1. The molecular weight excluding hydrogens is 1160 g/mol. The molecule has 0 saturated carbocycles. The van der Waals surface area contributed by atoms with Crippen molar-refractivity contribution in [1.82, 2.24) is 0 Å². The Morgan fingerprint density at radius 1 is 0.229 bits per heavy atom. The maximum atomic E-state index is 10.1. The van der Waals surface area contributed by atoms with E-state index in [0.717, 1.165) is 13.8 Å². The van der Waals surface area contributed by atoms with E-state index in [4.69, 9.17) is 58.2 Å². The van der Waals surface area contributed by atoms with Gasteiger partial charge in [-0.2, -0.15) is 0 Å². The zero-order chi connectivity index (χ0) is 114. The molecule has 0 aliphatic heterocycles. The minimum absolute atomic E-state index is 0.443. The summed E-state index contributed by atoms with van der Waals surface area (Å²) in [6.45, 7) is -4.83. The van der Waals surface area contributed by atoms with Gasteiger partial charge in [-0.3, -0.25) is 0 Å². The van der Waals surface area contributed by atoms with Gasteiger partial charge in [-0.1, -0.05) is 287 Å². The Morgan fingerprint density at radius 3 is 1.08 bits per heavy atom. The minimum atomic E-state index is -3.46. The molecule has 0 spiro atoms. The molecule has 2 aliphatic rings. The van der Waals surface area contributed by atoms with E-state index in [1.54, 1.807) is 0 Å². The highest BCUT2D eigenvalue weighted by molar-refractivity contribution is 6.24. The van der Waals surface area contributed by atoms with E-state index in [1.807, 2.05) is 0 Å². The van der Waals surface area contributed by atoms with Crippen molar-refractivity contribution >= 4 is 87.0 Å². The molecule has 2 heteroatoms. The number of hydrogen-bond donors (Lipinski definition) is 0. The van der Waals surface area contributed by atoms with Gasteiger partial charge in [0.05, 0.1) is 71.3 Å². The molecule has 0 radical (unpaired) electrons. The maximum Gasteiger partial charge on any atom is 0.135 e. The second-order valence-corrected chi connectivity index (χ2v) is 22.3. The topological polar surface area (TPSA) is 26.3 Å². The lowest BCUT2D eigenvalue weighted by Gasteiger charge is -2.25. The summed E-state index contributed by atoms with van der Waals surface area (Å²) in [6.07, 6.45) is 0. The lowest BCUT2D eigenvalue weighted by atomic mass is 9.78. The first kappa shape index (κ1) is 22.7. The third-order valence-corrected chi connectivity index (χ3v) is 16.8. The molecule has 2 aliphatic carbocycles. The average molecular weight is 1280 g/mol. The largest absolute Gasteiger partial charge is 0.456 e. The van der Waals surface area contributed by atoms with Gasteiger partial charge in [-0.05, 0) is 209 Å². The van der Waals surface area contributed by atoms with Crippen molar-refractivity contribution < 1.29 is 88.3 Å². The van der Waals surface area contributed by atoms with Crippen LogP contribution in [0.15, 0.2) is 323 Å². The van der Waals surface area contributed by atoms with Gasteiger partial charge >= 0.3 is 0 Å². The van der Waals surface area contributed by atoms with Crippen LogP contribution >= 0.6 is 0 Å². The summed E-state index contributed by atoms with van der Waals surface area (Å²) in [7, 11) is 0. The summed E-state index contributed by atoms with van der Waals surface area (Å²) in [5.74, 6) is 0. The van der Waals surface area contributed by atoms with Gasteiger partial charge in [-0.25, -0.2) is 0 Å². The normalized spacial score (nSPS) is 24.1. The Bertz CT molecular complexity index is 9600. The molecule has 0 bridgehead atoms. The van der Waals surface area contributed by atoms with Gasteiger partial charge in [0, 0.05) is 40.6 Å². The molecule has 96 heavy (non-hydrogen) atoms. The zero-order valence-electron chi connectivity index (χ0n) is 107.